The lowest BCUT2D eigenvalue weighted by Crippen LogP contribution is -2.56. The number of nitrogens with one attached hydrogen (secondary N) is 1. The summed E-state index contributed by atoms with van der Waals surface area (Å²) in [6, 6.07) is 15.2. The molecule has 0 saturated heterocycles. The van der Waals surface area contributed by atoms with E-state index in [0.29, 0.717) is 5.56 Å². The molecule has 3 rings (SSSR count). The topological polar surface area (TPSA) is 130 Å². The van der Waals surface area contributed by atoms with Gasteiger partial charge in [0.1, 0.15) is 6.54 Å². The summed E-state index contributed by atoms with van der Waals surface area (Å²) >= 11 is 0. The van der Waals surface area contributed by atoms with E-state index in [2.05, 4.69) is 46.9 Å². The third-order valence-electron chi connectivity index (χ3n) is 6.50. The Bertz CT molecular complexity index is 1220. The van der Waals surface area contributed by atoms with Crippen molar-refractivity contribution in [3.63, 3.8) is 0 Å². The largest absolute Gasteiger partial charge is 0.494 e. The van der Waals surface area contributed by atoms with Crippen LogP contribution < -0.4 is 5.32 Å². The Labute approximate surface area is 223 Å². The third kappa shape index (κ3) is 6.52. The lowest BCUT2D eigenvalue weighted by Gasteiger charge is -2.41. The smallest absolute Gasteiger partial charge is 0.322 e. The first-order valence-electron chi connectivity index (χ1n) is 12.5. The molecule has 1 atom stereocenters. The van der Waals surface area contributed by atoms with Crippen LogP contribution in [0.15, 0.2) is 60.0 Å². The zero-order valence-electron chi connectivity index (χ0n) is 22.8. The number of carboxylic acids is 1. The molecule has 1 aliphatic heterocycles. The lowest BCUT2D eigenvalue weighted by molar-refractivity contribution is -0.167. The molecule has 1 unspecified atom stereocenters. The molecule has 1 aliphatic rings. The quantitative estimate of drug-likeness (QED) is 0.409. The minimum Gasteiger partial charge on any atom is -0.494 e. The highest BCUT2D eigenvalue weighted by molar-refractivity contribution is 6.19. The van der Waals surface area contributed by atoms with Gasteiger partial charge in [0.25, 0.3) is 11.8 Å². The van der Waals surface area contributed by atoms with Crippen molar-refractivity contribution in [3.8, 4) is 0 Å². The SMILES string of the molecule is CC(C)(C)c1ccc(CN2C(=O)C(C(=O)NCC(=O)O)=C(O)N(Cc3ccc(C(C)(C)C)cc3)C2O)cc1. The van der Waals surface area contributed by atoms with Gasteiger partial charge in [0, 0.05) is 0 Å². The fourth-order valence-electron chi connectivity index (χ4n) is 4.13. The first kappa shape index (κ1) is 28.7. The number of benzene rings is 2. The molecule has 0 aromatic heterocycles. The fourth-order valence-corrected chi connectivity index (χ4v) is 4.13. The van der Waals surface area contributed by atoms with Crippen LogP contribution in [0.3, 0.4) is 0 Å². The maximum Gasteiger partial charge on any atom is 0.322 e. The van der Waals surface area contributed by atoms with Crippen LogP contribution in [0.4, 0.5) is 0 Å². The van der Waals surface area contributed by atoms with Crippen LogP contribution in [0.25, 0.3) is 0 Å². The molecular formula is C29H37N3O6. The zero-order valence-corrected chi connectivity index (χ0v) is 22.8. The van der Waals surface area contributed by atoms with Crippen LogP contribution in [-0.2, 0) is 38.3 Å². The summed E-state index contributed by atoms with van der Waals surface area (Å²) in [7, 11) is 0. The van der Waals surface area contributed by atoms with E-state index < -0.39 is 42.1 Å². The zero-order chi connectivity index (χ0) is 28.4. The predicted molar refractivity (Wildman–Crippen MR) is 143 cm³/mol. The van der Waals surface area contributed by atoms with Crippen molar-refractivity contribution in [3.05, 3.63) is 82.2 Å². The molecule has 2 aromatic carbocycles. The van der Waals surface area contributed by atoms with E-state index in [0.717, 1.165) is 26.5 Å². The Balaban J connectivity index is 1.96. The number of carbonyl (C=O) groups is 3. The molecule has 9 nitrogen and oxygen atoms in total. The molecule has 0 fully saturated rings. The number of hydrogen-bond donors (Lipinski definition) is 4. The van der Waals surface area contributed by atoms with Crippen molar-refractivity contribution in [2.75, 3.05) is 6.54 Å². The molecule has 0 saturated carbocycles. The number of rotatable bonds is 7. The van der Waals surface area contributed by atoms with Gasteiger partial charge in [0.15, 0.2) is 5.57 Å². The number of hydrogen-bond acceptors (Lipinski definition) is 6. The second kappa shape index (κ2) is 10.9. The van der Waals surface area contributed by atoms with E-state index in [1.807, 2.05) is 48.5 Å². The van der Waals surface area contributed by atoms with Gasteiger partial charge in [0.2, 0.25) is 12.2 Å². The number of aliphatic hydroxyl groups excluding tert-OH is 2. The summed E-state index contributed by atoms with van der Waals surface area (Å²) in [4.78, 5) is 39.3. The molecule has 0 radical (unpaired) electrons. The van der Waals surface area contributed by atoms with Crippen molar-refractivity contribution in [2.45, 2.75) is 71.8 Å². The number of aliphatic hydroxyl groups is 2. The Morgan fingerprint density at radius 2 is 1.24 bits per heavy atom. The minimum absolute atomic E-state index is 0.000124. The summed E-state index contributed by atoms with van der Waals surface area (Å²) in [6.07, 6.45) is -1.57. The summed E-state index contributed by atoms with van der Waals surface area (Å²) in [5.74, 6) is -3.96. The molecule has 2 amide bonds. The van der Waals surface area contributed by atoms with Gasteiger partial charge in [-0.25, -0.2) is 0 Å². The van der Waals surface area contributed by atoms with Crippen LogP contribution in [0.5, 0.6) is 0 Å². The molecule has 204 valence electrons. The van der Waals surface area contributed by atoms with E-state index in [1.165, 1.54) is 0 Å². The number of carboxylic acid groups (broad SMARTS) is 1. The second-order valence-electron chi connectivity index (χ2n) is 11.6. The van der Waals surface area contributed by atoms with Gasteiger partial charge >= 0.3 is 5.97 Å². The summed E-state index contributed by atoms with van der Waals surface area (Å²) in [5, 5.41) is 33.2. The van der Waals surface area contributed by atoms with E-state index in [9.17, 15) is 24.6 Å². The molecule has 9 heteroatoms. The molecule has 0 bridgehead atoms. The Hall–Kier alpha value is -3.85. The molecule has 0 aliphatic carbocycles. The standard InChI is InChI=1S/C29H37N3O6/c1-28(2,3)20-11-7-18(8-12-20)16-31-25(36)23(24(35)30-15-22(33)34)26(37)32(27(31)38)17-19-9-13-21(14-10-19)29(4,5)6/h7-14,27,36,38H,15-17H2,1-6H3,(H,30,35)(H,33,34). The Kier molecular flexibility index (Phi) is 8.21. The van der Waals surface area contributed by atoms with E-state index in [1.54, 1.807) is 0 Å². The molecule has 1 heterocycles. The normalized spacial score (nSPS) is 16.6. The van der Waals surface area contributed by atoms with Crippen LogP contribution >= 0.6 is 0 Å². The molecule has 2 aromatic rings. The van der Waals surface area contributed by atoms with Crippen molar-refractivity contribution in [1.82, 2.24) is 15.1 Å². The first-order chi connectivity index (χ1) is 17.6. The minimum atomic E-state index is -1.57. The maximum atomic E-state index is 13.3. The number of amides is 2. The first-order valence-corrected chi connectivity index (χ1v) is 12.5. The lowest BCUT2D eigenvalue weighted by atomic mass is 9.86. The van der Waals surface area contributed by atoms with Gasteiger partial charge in [0.05, 0.1) is 13.1 Å². The average Bonchev–Trinajstić information content (AvgIpc) is 2.82. The Morgan fingerprint density at radius 1 is 0.816 bits per heavy atom. The summed E-state index contributed by atoms with van der Waals surface area (Å²) in [5.41, 5.74) is 2.88. The highest BCUT2D eigenvalue weighted by Crippen LogP contribution is 2.29. The fraction of sp³-hybridized carbons (Fsp3) is 0.414. The highest BCUT2D eigenvalue weighted by Gasteiger charge is 2.42. The number of nitrogens with zero attached hydrogens (tertiary/aromatic N) is 2. The van der Waals surface area contributed by atoms with Crippen LogP contribution in [0.1, 0.15) is 63.8 Å². The van der Waals surface area contributed by atoms with Gasteiger partial charge in [-0.2, -0.15) is 0 Å². The summed E-state index contributed by atoms with van der Waals surface area (Å²) in [6.45, 7) is 11.8. The van der Waals surface area contributed by atoms with Gasteiger partial charge in [-0.05, 0) is 33.1 Å². The molecule has 4 N–H and O–H groups in total. The van der Waals surface area contributed by atoms with Gasteiger partial charge in [-0.3, -0.25) is 24.2 Å². The van der Waals surface area contributed by atoms with E-state index in [4.69, 9.17) is 5.11 Å². The van der Waals surface area contributed by atoms with Crippen molar-refractivity contribution >= 4 is 17.8 Å². The third-order valence-corrected chi connectivity index (χ3v) is 6.50. The van der Waals surface area contributed by atoms with Crippen molar-refractivity contribution in [1.29, 1.82) is 0 Å². The van der Waals surface area contributed by atoms with Crippen molar-refractivity contribution < 1.29 is 29.7 Å². The highest BCUT2D eigenvalue weighted by atomic mass is 16.4. The van der Waals surface area contributed by atoms with E-state index in [-0.39, 0.29) is 23.9 Å². The number of carbonyl (C=O) groups excluding carboxylic acids is 2. The molecule has 0 spiro atoms. The monoisotopic (exact) mass is 523 g/mol. The van der Waals surface area contributed by atoms with Gasteiger partial charge in [-0.15, -0.1) is 0 Å². The maximum absolute atomic E-state index is 13.3. The van der Waals surface area contributed by atoms with Crippen molar-refractivity contribution in [2.24, 2.45) is 0 Å². The predicted octanol–water partition coefficient (Wildman–Crippen LogP) is 3.37. The number of aliphatic carboxylic acids is 1. The Morgan fingerprint density at radius 3 is 1.63 bits per heavy atom. The van der Waals surface area contributed by atoms with Crippen LogP contribution in [0.2, 0.25) is 0 Å². The van der Waals surface area contributed by atoms with Crippen LogP contribution in [-0.4, -0.2) is 55.8 Å². The van der Waals surface area contributed by atoms with Crippen LogP contribution in [0, 0.1) is 0 Å². The average molecular weight is 524 g/mol. The molecular weight excluding hydrogens is 486 g/mol. The van der Waals surface area contributed by atoms with E-state index >= 15 is 0 Å². The van der Waals surface area contributed by atoms with Gasteiger partial charge < -0.3 is 20.6 Å². The van der Waals surface area contributed by atoms with Gasteiger partial charge in [-0.1, -0.05) is 90.1 Å². The second-order valence-corrected chi connectivity index (χ2v) is 11.6. The summed E-state index contributed by atoms with van der Waals surface area (Å²) < 4.78 is 0. The molecule has 38 heavy (non-hydrogen) atoms.